The van der Waals surface area contributed by atoms with E-state index >= 15 is 0 Å². The fourth-order valence-corrected chi connectivity index (χ4v) is 1.31. The molecule has 0 aromatic heterocycles. The van der Waals surface area contributed by atoms with Gasteiger partial charge in [-0.1, -0.05) is 65.1 Å². The Balaban J connectivity index is 3.10. The van der Waals surface area contributed by atoms with Gasteiger partial charge in [0.1, 0.15) is 0 Å². The van der Waals surface area contributed by atoms with Crippen molar-refractivity contribution in [2.45, 2.75) is 65.1 Å². The summed E-state index contributed by atoms with van der Waals surface area (Å²) in [7, 11) is 5.82. The first-order chi connectivity index (χ1) is 5.70. The van der Waals surface area contributed by atoms with Crippen molar-refractivity contribution < 1.29 is 0 Å². The maximum absolute atomic E-state index is 5.82. The molecule has 0 aromatic carbocycles. The molecule has 0 nitrogen and oxygen atoms in total. The molecule has 0 fully saturated rings. The van der Waals surface area contributed by atoms with Crippen molar-refractivity contribution in [1.82, 2.24) is 0 Å². The maximum Gasteiger partial charge on any atom is 0.0699 e. The van der Waals surface area contributed by atoms with Crippen LogP contribution in [-0.2, 0) is 0 Å². The molecule has 0 saturated carbocycles. The minimum Gasteiger partial charge on any atom is -0.0776 e. The van der Waals surface area contributed by atoms with Gasteiger partial charge >= 0.3 is 0 Å². The lowest BCUT2D eigenvalue weighted by Crippen LogP contribution is -1.94. The number of hydrogen-bond acceptors (Lipinski definition) is 0. The third-order valence-electron chi connectivity index (χ3n) is 2.74. The lowest BCUT2D eigenvalue weighted by Gasteiger charge is -2.10. The van der Waals surface area contributed by atoms with Gasteiger partial charge in [0, 0.05) is 0 Å². The van der Waals surface area contributed by atoms with E-state index < -0.39 is 0 Å². The molecule has 0 spiro atoms. The quantitative estimate of drug-likeness (QED) is 0.396. The Hall–Kier alpha value is 0.0649. The molecule has 0 rings (SSSR count). The van der Waals surface area contributed by atoms with Crippen LogP contribution < -0.4 is 0 Å². The molecule has 12 heavy (non-hydrogen) atoms. The van der Waals surface area contributed by atoms with Crippen molar-refractivity contribution in [2.24, 2.45) is 5.92 Å². The zero-order valence-electron chi connectivity index (χ0n) is 8.97. The van der Waals surface area contributed by atoms with Crippen molar-refractivity contribution >= 4 is 7.85 Å². The van der Waals surface area contributed by atoms with Gasteiger partial charge in [-0.25, -0.2) is 0 Å². The SMILES string of the molecule is [B]C(CC)CCCCC(C)CC. The summed E-state index contributed by atoms with van der Waals surface area (Å²) >= 11 is 0. The van der Waals surface area contributed by atoms with E-state index in [2.05, 4.69) is 20.8 Å². The Morgan fingerprint density at radius 3 is 2.08 bits per heavy atom. The molecule has 2 atom stereocenters. The summed E-state index contributed by atoms with van der Waals surface area (Å²) in [6.07, 6.45) is 7.73. The Morgan fingerprint density at radius 1 is 1.00 bits per heavy atom. The van der Waals surface area contributed by atoms with E-state index in [1.54, 1.807) is 0 Å². The van der Waals surface area contributed by atoms with Crippen molar-refractivity contribution in [3.05, 3.63) is 0 Å². The molecule has 0 amide bonds. The monoisotopic (exact) mass is 166 g/mol. The second-order valence-corrected chi connectivity index (χ2v) is 3.97. The molecule has 70 valence electrons. The van der Waals surface area contributed by atoms with Crippen LogP contribution in [0.5, 0.6) is 0 Å². The van der Waals surface area contributed by atoms with Crippen LogP contribution in [0.4, 0.5) is 0 Å². The molecule has 0 aliphatic rings. The summed E-state index contributed by atoms with van der Waals surface area (Å²) in [5.41, 5.74) is 0. The van der Waals surface area contributed by atoms with Gasteiger partial charge < -0.3 is 0 Å². The van der Waals surface area contributed by atoms with E-state index in [9.17, 15) is 0 Å². The van der Waals surface area contributed by atoms with Gasteiger partial charge in [-0.05, 0) is 5.92 Å². The van der Waals surface area contributed by atoms with Crippen molar-refractivity contribution in [2.75, 3.05) is 0 Å². The van der Waals surface area contributed by atoms with Crippen LogP contribution in [0, 0.1) is 5.92 Å². The summed E-state index contributed by atoms with van der Waals surface area (Å²) in [6.45, 7) is 6.77. The Morgan fingerprint density at radius 2 is 1.58 bits per heavy atom. The minimum atomic E-state index is 0.446. The average Bonchev–Trinajstić information content (AvgIpc) is 2.11. The first-order valence-electron chi connectivity index (χ1n) is 5.46. The smallest absolute Gasteiger partial charge is 0.0699 e. The van der Waals surface area contributed by atoms with E-state index in [-0.39, 0.29) is 0 Å². The van der Waals surface area contributed by atoms with Gasteiger partial charge in [0.15, 0.2) is 0 Å². The standard InChI is InChI=1S/C11H23B/c1-4-10(3)8-6-7-9-11(12)5-2/h10-11H,4-9H2,1-3H3. The zero-order valence-corrected chi connectivity index (χ0v) is 8.97. The highest BCUT2D eigenvalue weighted by atomic mass is 14.0. The zero-order chi connectivity index (χ0) is 9.40. The highest BCUT2D eigenvalue weighted by molar-refractivity contribution is 6.11. The third kappa shape index (κ3) is 6.76. The van der Waals surface area contributed by atoms with Gasteiger partial charge in [-0.3, -0.25) is 0 Å². The van der Waals surface area contributed by atoms with Crippen LogP contribution in [0.2, 0.25) is 5.82 Å². The normalized spacial score (nSPS) is 15.9. The minimum absolute atomic E-state index is 0.446. The second-order valence-electron chi connectivity index (χ2n) is 3.97. The topological polar surface area (TPSA) is 0 Å². The van der Waals surface area contributed by atoms with Gasteiger partial charge in [-0.2, -0.15) is 0 Å². The van der Waals surface area contributed by atoms with E-state index in [1.807, 2.05) is 0 Å². The fourth-order valence-electron chi connectivity index (χ4n) is 1.31. The molecule has 0 heterocycles. The summed E-state index contributed by atoms with van der Waals surface area (Å²) in [6, 6.07) is 0. The molecule has 0 N–H and O–H groups in total. The van der Waals surface area contributed by atoms with Crippen molar-refractivity contribution in [3.8, 4) is 0 Å². The van der Waals surface area contributed by atoms with E-state index in [1.165, 1.54) is 32.1 Å². The second kappa shape index (κ2) is 7.70. The first-order valence-corrected chi connectivity index (χ1v) is 5.46. The predicted octanol–water partition coefficient (Wildman–Crippen LogP) is 3.96. The molecule has 0 bridgehead atoms. The number of rotatable bonds is 7. The van der Waals surface area contributed by atoms with Gasteiger partial charge in [0.25, 0.3) is 0 Å². The van der Waals surface area contributed by atoms with E-state index in [0.29, 0.717) is 5.82 Å². The van der Waals surface area contributed by atoms with Crippen molar-refractivity contribution in [3.63, 3.8) is 0 Å². The molecule has 0 saturated heterocycles. The summed E-state index contributed by atoms with van der Waals surface area (Å²) in [5.74, 6) is 1.35. The Labute approximate surface area is 79.5 Å². The van der Waals surface area contributed by atoms with Crippen LogP contribution in [0.25, 0.3) is 0 Å². The lowest BCUT2D eigenvalue weighted by atomic mass is 9.81. The van der Waals surface area contributed by atoms with E-state index in [4.69, 9.17) is 7.85 Å². The third-order valence-corrected chi connectivity index (χ3v) is 2.74. The summed E-state index contributed by atoms with van der Waals surface area (Å²) < 4.78 is 0. The van der Waals surface area contributed by atoms with Gasteiger partial charge in [0.2, 0.25) is 0 Å². The summed E-state index contributed by atoms with van der Waals surface area (Å²) in [4.78, 5) is 0. The maximum atomic E-state index is 5.82. The largest absolute Gasteiger partial charge is 0.0776 e. The number of unbranched alkanes of at least 4 members (excludes halogenated alkanes) is 1. The molecule has 2 radical (unpaired) electrons. The molecular formula is C11H23B. The molecule has 0 aliphatic carbocycles. The van der Waals surface area contributed by atoms with Gasteiger partial charge in [-0.15, -0.1) is 0 Å². The summed E-state index contributed by atoms with van der Waals surface area (Å²) in [5, 5.41) is 0. The molecule has 0 aliphatic heterocycles. The Kier molecular flexibility index (Phi) is 7.74. The average molecular weight is 166 g/mol. The van der Waals surface area contributed by atoms with Crippen LogP contribution in [0.1, 0.15) is 59.3 Å². The molecule has 0 aromatic rings. The highest BCUT2D eigenvalue weighted by Gasteiger charge is 2.00. The van der Waals surface area contributed by atoms with Crippen LogP contribution in [0.15, 0.2) is 0 Å². The van der Waals surface area contributed by atoms with Crippen LogP contribution in [-0.4, -0.2) is 7.85 Å². The lowest BCUT2D eigenvalue weighted by molar-refractivity contribution is 0.474. The highest BCUT2D eigenvalue weighted by Crippen LogP contribution is 2.18. The number of hydrogen-bond donors (Lipinski definition) is 0. The molecule has 2 unspecified atom stereocenters. The van der Waals surface area contributed by atoms with Crippen LogP contribution in [0.3, 0.4) is 0 Å². The first kappa shape index (κ1) is 12.1. The van der Waals surface area contributed by atoms with E-state index in [0.717, 1.165) is 12.3 Å². The van der Waals surface area contributed by atoms with Gasteiger partial charge in [0.05, 0.1) is 7.85 Å². The fraction of sp³-hybridized carbons (Fsp3) is 1.00. The predicted molar refractivity (Wildman–Crippen MR) is 57.7 cm³/mol. The molecule has 1 heteroatoms. The van der Waals surface area contributed by atoms with Crippen LogP contribution >= 0.6 is 0 Å². The Bertz CT molecular complexity index is 79.0. The molecular weight excluding hydrogens is 143 g/mol. The van der Waals surface area contributed by atoms with Crippen molar-refractivity contribution in [1.29, 1.82) is 0 Å².